The first-order valence-corrected chi connectivity index (χ1v) is 9.24. The monoisotopic (exact) mass is 406 g/mol. The van der Waals surface area contributed by atoms with E-state index in [0.717, 1.165) is 14.8 Å². The Morgan fingerprint density at radius 2 is 1.73 bits per heavy atom. The van der Waals surface area contributed by atoms with E-state index < -0.39 is 47.3 Å². The average molecular weight is 406 g/mol. The van der Waals surface area contributed by atoms with E-state index in [0.29, 0.717) is 0 Å². The van der Waals surface area contributed by atoms with Crippen LogP contribution in [0.4, 0.5) is 26.3 Å². The Balaban J connectivity index is 1.78. The molecule has 148 valence electrons. The number of rotatable bonds is 2. The standard InChI is InChI=1S/C13H16F6N4O2S/c14-12(15,16)9-2-1-3-22(6-9)26(24,25)23-5-4-21-7-10(13(17,18)19)20-11(21)8-23/h7,9H,1-6,8H2/t9-/m0/s1. The van der Waals surface area contributed by atoms with Crippen LogP contribution in [0.15, 0.2) is 6.20 Å². The largest absolute Gasteiger partial charge is 0.434 e. The summed E-state index contributed by atoms with van der Waals surface area (Å²) >= 11 is 0. The van der Waals surface area contributed by atoms with Crippen molar-refractivity contribution in [2.75, 3.05) is 19.6 Å². The molecular weight excluding hydrogens is 390 g/mol. The first-order chi connectivity index (χ1) is 11.9. The third-order valence-electron chi connectivity index (χ3n) is 4.56. The van der Waals surface area contributed by atoms with Gasteiger partial charge in [0.25, 0.3) is 10.2 Å². The summed E-state index contributed by atoms with van der Waals surface area (Å²) in [6.45, 7) is -1.31. The highest BCUT2D eigenvalue weighted by Crippen LogP contribution is 2.35. The average Bonchev–Trinajstić information content (AvgIpc) is 2.97. The molecule has 0 bridgehead atoms. The highest BCUT2D eigenvalue weighted by molar-refractivity contribution is 7.86. The molecular formula is C13H16F6N4O2S. The number of nitrogens with zero attached hydrogens (tertiary/aromatic N) is 4. The Bertz CT molecular complexity index is 773. The van der Waals surface area contributed by atoms with Gasteiger partial charge in [0.2, 0.25) is 0 Å². The van der Waals surface area contributed by atoms with E-state index in [1.165, 1.54) is 4.57 Å². The maximum Gasteiger partial charge on any atom is 0.434 e. The molecule has 1 aromatic rings. The van der Waals surface area contributed by atoms with Gasteiger partial charge >= 0.3 is 12.4 Å². The van der Waals surface area contributed by atoms with Crippen molar-refractivity contribution in [3.8, 4) is 0 Å². The van der Waals surface area contributed by atoms with Crippen molar-refractivity contribution in [2.24, 2.45) is 5.92 Å². The van der Waals surface area contributed by atoms with Crippen LogP contribution in [-0.2, 0) is 29.5 Å². The molecule has 1 atom stereocenters. The number of imidazole rings is 1. The lowest BCUT2D eigenvalue weighted by molar-refractivity contribution is -0.182. The molecule has 3 rings (SSSR count). The van der Waals surface area contributed by atoms with Gasteiger partial charge in [-0.25, -0.2) is 4.98 Å². The minimum absolute atomic E-state index is 0.0474. The molecule has 6 nitrogen and oxygen atoms in total. The molecule has 0 N–H and O–H groups in total. The summed E-state index contributed by atoms with van der Waals surface area (Å²) in [4.78, 5) is 3.42. The van der Waals surface area contributed by atoms with E-state index in [1.54, 1.807) is 0 Å². The zero-order valence-electron chi connectivity index (χ0n) is 13.4. The number of alkyl halides is 6. The summed E-state index contributed by atoms with van der Waals surface area (Å²) in [6, 6.07) is 0. The topological polar surface area (TPSA) is 58.4 Å². The number of aromatic nitrogens is 2. The molecule has 1 aromatic heterocycles. The quantitative estimate of drug-likeness (QED) is 0.708. The zero-order chi connectivity index (χ0) is 19.3. The van der Waals surface area contributed by atoms with Gasteiger partial charge in [-0.15, -0.1) is 0 Å². The van der Waals surface area contributed by atoms with Crippen LogP contribution in [0.1, 0.15) is 24.4 Å². The van der Waals surface area contributed by atoms with Gasteiger partial charge in [-0.1, -0.05) is 0 Å². The van der Waals surface area contributed by atoms with Gasteiger partial charge in [-0.05, 0) is 12.8 Å². The first-order valence-electron chi connectivity index (χ1n) is 7.84. The van der Waals surface area contributed by atoms with Crippen LogP contribution in [-0.4, -0.2) is 52.4 Å². The van der Waals surface area contributed by atoms with Gasteiger partial charge in [0, 0.05) is 32.4 Å². The Labute approximate surface area is 145 Å². The number of hydrogen-bond donors (Lipinski definition) is 0. The summed E-state index contributed by atoms with van der Waals surface area (Å²) in [6.07, 6.45) is -8.41. The fourth-order valence-electron chi connectivity index (χ4n) is 3.15. The predicted octanol–water partition coefficient (Wildman–Crippen LogP) is 2.24. The van der Waals surface area contributed by atoms with Crippen molar-refractivity contribution in [3.63, 3.8) is 0 Å². The molecule has 0 aromatic carbocycles. The maximum atomic E-state index is 12.9. The normalized spacial score (nSPS) is 23.8. The molecule has 0 radical (unpaired) electrons. The lowest BCUT2D eigenvalue weighted by Crippen LogP contribution is -2.51. The van der Waals surface area contributed by atoms with Gasteiger partial charge < -0.3 is 4.57 Å². The third-order valence-corrected chi connectivity index (χ3v) is 6.51. The van der Waals surface area contributed by atoms with Crippen molar-refractivity contribution >= 4 is 10.2 Å². The first kappa shape index (κ1) is 19.4. The minimum Gasteiger partial charge on any atom is -0.332 e. The second-order valence-electron chi connectivity index (χ2n) is 6.31. The highest BCUT2D eigenvalue weighted by atomic mass is 32.2. The van der Waals surface area contributed by atoms with Crippen molar-refractivity contribution in [3.05, 3.63) is 17.7 Å². The summed E-state index contributed by atoms with van der Waals surface area (Å²) in [5.41, 5.74) is -1.12. The molecule has 1 saturated heterocycles. The summed E-state index contributed by atoms with van der Waals surface area (Å²) in [5.74, 6) is -1.83. The Morgan fingerprint density at radius 3 is 2.35 bits per heavy atom. The Kier molecular flexibility index (Phi) is 4.76. The number of hydrogen-bond acceptors (Lipinski definition) is 3. The van der Waals surface area contributed by atoms with Crippen molar-refractivity contribution in [1.82, 2.24) is 18.2 Å². The molecule has 2 aliphatic heterocycles. The Morgan fingerprint density at radius 1 is 1.04 bits per heavy atom. The minimum atomic E-state index is -4.65. The molecule has 0 unspecified atom stereocenters. The fourth-order valence-corrected chi connectivity index (χ4v) is 4.79. The van der Waals surface area contributed by atoms with Crippen LogP contribution in [0, 0.1) is 5.92 Å². The van der Waals surface area contributed by atoms with Crippen molar-refractivity contribution in [2.45, 2.75) is 38.3 Å². The second kappa shape index (κ2) is 6.37. The molecule has 3 heterocycles. The Hall–Kier alpha value is -1.34. The zero-order valence-corrected chi connectivity index (χ0v) is 14.2. The summed E-state index contributed by atoms with van der Waals surface area (Å²) in [5, 5.41) is 0. The van der Waals surface area contributed by atoms with E-state index in [9.17, 15) is 34.8 Å². The number of fused-ring (bicyclic) bond motifs is 1. The molecule has 13 heteroatoms. The fraction of sp³-hybridized carbons (Fsp3) is 0.769. The van der Waals surface area contributed by atoms with Gasteiger partial charge in [-0.3, -0.25) is 0 Å². The van der Waals surface area contributed by atoms with Gasteiger partial charge in [0.15, 0.2) is 5.69 Å². The summed E-state index contributed by atoms with van der Waals surface area (Å²) in [7, 11) is -4.22. The molecule has 0 spiro atoms. The smallest absolute Gasteiger partial charge is 0.332 e. The van der Waals surface area contributed by atoms with E-state index >= 15 is 0 Å². The molecule has 26 heavy (non-hydrogen) atoms. The molecule has 2 aliphatic rings. The van der Waals surface area contributed by atoms with E-state index in [2.05, 4.69) is 4.98 Å². The van der Waals surface area contributed by atoms with Crippen LogP contribution in [0.3, 0.4) is 0 Å². The van der Waals surface area contributed by atoms with Gasteiger partial charge in [-0.2, -0.15) is 43.4 Å². The highest BCUT2D eigenvalue weighted by Gasteiger charge is 2.45. The van der Waals surface area contributed by atoms with Gasteiger partial charge in [0.1, 0.15) is 5.82 Å². The van der Waals surface area contributed by atoms with Gasteiger partial charge in [0.05, 0.1) is 12.5 Å². The van der Waals surface area contributed by atoms with E-state index in [-0.39, 0.29) is 38.3 Å². The number of piperidine rings is 1. The van der Waals surface area contributed by atoms with E-state index in [1.807, 2.05) is 0 Å². The third kappa shape index (κ3) is 3.69. The molecule has 1 fully saturated rings. The van der Waals surface area contributed by atoms with Crippen LogP contribution in [0.2, 0.25) is 0 Å². The van der Waals surface area contributed by atoms with E-state index in [4.69, 9.17) is 0 Å². The number of halogens is 6. The lowest BCUT2D eigenvalue weighted by atomic mass is 9.99. The van der Waals surface area contributed by atoms with Crippen LogP contribution >= 0.6 is 0 Å². The van der Waals surface area contributed by atoms with Crippen molar-refractivity contribution < 1.29 is 34.8 Å². The molecule has 0 saturated carbocycles. The van der Waals surface area contributed by atoms with Crippen LogP contribution < -0.4 is 0 Å². The summed E-state index contributed by atoms with van der Waals surface area (Å²) < 4.78 is 105. The SMILES string of the molecule is O=S(=O)(N1CCn2cc(C(F)(F)F)nc2C1)N1CCC[C@H](C(F)(F)F)C1. The van der Waals surface area contributed by atoms with Crippen LogP contribution in [0.5, 0.6) is 0 Å². The van der Waals surface area contributed by atoms with Crippen molar-refractivity contribution in [1.29, 1.82) is 0 Å². The molecule has 0 amide bonds. The lowest BCUT2D eigenvalue weighted by Gasteiger charge is -2.37. The second-order valence-corrected chi connectivity index (χ2v) is 8.24. The van der Waals surface area contributed by atoms with Crippen LogP contribution in [0.25, 0.3) is 0 Å². The predicted molar refractivity (Wildman–Crippen MR) is 76.9 cm³/mol. The maximum absolute atomic E-state index is 12.9. The molecule has 0 aliphatic carbocycles.